The van der Waals surface area contributed by atoms with Crippen LogP contribution in [-0.2, 0) is 16.6 Å². The van der Waals surface area contributed by atoms with Crippen LogP contribution in [0.15, 0.2) is 76.4 Å². The maximum Gasteiger partial charge on any atom is 0.266 e. The third kappa shape index (κ3) is 5.77. The molecule has 8 heteroatoms. The second kappa shape index (κ2) is 10.2. The number of nitrogens with zero attached hydrogens (tertiary/aromatic N) is 2. The van der Waals surface area contributed by atoms with Crippen LogP contribution in [0.5, 0.6) is 5.75 Å². The minimum Gasteiger partial charge on any atom is -0.494 e. The lowest BCUT2D eigenvalue weighted by molar-refractivity contribution is 0.309. The van der Waals surface area contributed by atoms with Crippen LogP contribution in [0.1, 0.15) is 19.8 Å². The highest BCUT2D eigenvalue weighted by atomic mass is 32.2. The second-order valence-corrected chi connectivity index (χ2v) is 8.48. The first-order valence-electron chi connectivity index (χ1n) is 9.86. The molecule has 0 atom stereocenters. The molecule has 30 heavy (non-hydrogen) atoms. The van der Waals surface area contributed by atoms with Gasteiger partial charge in [-0.25, -0.2) is 17.8 Å². The van der Waals surface area contributed by atoms with Gasteiger partial charge in [-0.15, -0.1) is 0 Å². The van der Waals surface area contributed by atoms with Crippen LogP contribution in [0.3, 0.4) is 0 Å². The van der Waals surface area contributed by atoms with Crippen LogP contribution in [0.4, 0.5) is 0 Å². The molecule has 0 aliphatic rings. The molecule has 0 unspecified atom stereocenters. The fraction of sp³-hybridized carbons (Fsp3) is 0.273. The zero-order valence-corrected chi connectivity index (χ0v) is 17.6. The van der Waals surface area contributed by atoms with E-state index in [2.05, 4.69) is 16.7 Å². The van der Waals surface area contributed by atoms with E-state index in [0.717, 1.165) is 18.4 Å². The molecule has 0 saturated heterocycles. The Bertz CT molecular complexity index is 1110. The summed E-state index contributed by atoms with van der Waals surface area (Å²) in [5.74, 6) is 0.635. The molecule has 0 aliphatic heterocycles. The van der Waals surface area contributed by atoms with Crippen LogP contribution in [0, 0.1) is 0 Å². The van der Waals surface area contributed by atoms with Crippen molar-refractivity contribution in [2.45, 2.75) is 31.2 Å². The summed E-state index contributed by atoms with van der Waals surface area (Å²) in [5.41, 5.74) is 1.24. The molecule has 0 spiro atoms. The quantitative estimate of drug-likeness (QED) is 0.502. The summed E-state index contributed by atoms with van der Waals surface area (Å²) in [6.07, 6.45) is 1.98. The highest BCUT2D eigenvalue weighted by molar-refractivity contribution is 7.89. The van der Waals surface area contributed by atoms with Gasteiger partial charge in [0, 0.05) is 18.2 Å². The van der Waals surface area contributed by atoms with Crippen molar-refractivity contribution in [3.63, 3.8) is 0 Å². The SMILES string of the molecule is CCCCOc1ccc(S(=O)(=O)NCCn2nc(-c3ccccc3)ccc2=O)cc1. The minimum atomic E-state index is -3.70. The molecule has 0 radical (unpaired) electrons. The Hall–Kier alpha value is -2.97. The van der Waals surface area contributed by atoms with E-state index in [1.54, 1.807) is 18.2 Å². The van der Waals surface area contributed by atoms with Crippen LogP contribution < -0.4 is 15.0 Å². The Kier molecular flexibility index (Phi) is 7.37. The molecule has 3 rings (SSSR count). The van der Waals surface area contributed by atoms with Gasteiger partial charge < -0.3 is 4.74 Å². The Morgan fingerprint density at radius 2 is 1.73 bits per heavy atom. The Labute approximate surface area is 176 Å². The summed E-state index contributed by atoms with van der Waals surface area (Å²) in [7, 11) is -3.70. The Morgan fingerprint density at radius 1 is 1.00 bits per heavy atom. The number of hydrogen-bond donors (Lipinski definition) is 1. The average Bonchev–Trinajstić information content (AvgIpc) is 2.76. The summed E-state index contributed by atoms with van der Waals surface area (Å²) in [5, 5.41) is 4.33. The monoisotopic (exact) mass is 427 g/mol. The van der Waals surface area contributed by atoms with E-state index >= 15 is 0 Å². The summed E-state index contributed by atoms with van der Waals surface area (Å²) in [4.78, 5) is 12.2. The van der Waals surface area contributed by atoms with Crippen molar-refractivity contribution in [2.75, 3.05) is 13.2 Å². The standard InChI is InChI=1S/C22H25N3O4S/c1-2-3-17-29-19-9-11-20(12-10-19)30(27,28)23-15-16-25-22(26)14-13-21(24-25)18-7-5-4-6-8-18/h4-14,23H,2-3,15-17H2,1H3. The van der Waals surface area contributed by atoms with E-state index < -0.39 is 10.0 Å². The molecular weight excluding hydrogens is 402 g/mol. The molecular formula is C22H25N3O4S. The molecule has 158 valence electrons. The predicted octanol–water partition coefficient (Wildman–Crippen LogP) is 3.07. The van der Waals surface area contributed by atoms with Gasteiger partial charge in [-0.05, 0) is 36.8 Å². The molecule has 0 fully saturated rings. The highest BCUT2D eigenvalue weighted by Gasteiger charge is 2.14. The highest BCUT2D eigenvalue weighted by Crippen LogP contribution is 2.16. The predicted molar refractivity (Wildman–Crippen MR) is 116 cm³/mol. The maximum atomic E-state index is 12.5. The van der Waals surface area contributed by atoms with Crippen LogP contribution in [-0.4, -0.2) is 31.3 Å². The van der Waals surface area contributed by atoms with Crippen molar-refractivity contribution in [2.24, 2.45) is 0 Å². The van der Waals surface area contributed by atoms with Crippen molar-refractivity contribution in [3.05, 3.63) is 77.1 Å². The molecule has 7 nitrogen and oxygen atoms in total. The van der Waals surface area contributed by atoms with Crippen molar-refractivity contribution < 1.29 is 13.2 Å². The number of rotatable bonds is 10. The van der Waals surface area contributed by atoms with Crippen LogP contribution >= 0.6 is 0 Å². The number of sulfonamides is 1. The van der Waals surface area contributed by atoms with Crippen LogP contribution in [0.2, 0.25) is 0 Å². The van der Waals surface area contributed by atoms with Gasteiger partial charge in [0.15, 0.2) is 0 Å². The summed E-state index contributed by atoms with van der Waals surface area (Å²) < 4.78 is 34.3. The van der Waals surface area contributed by atoms with Gasteiger partial charge >= 0.3 is 0 Å². The van der Waals surface area contributed by atoms with Gasteiger partial charge in [-0.3, -0.25) is 4.79 Å². The molecule has 0 amide bonds. The topological polar surface area (TPSA) is 90.3 Å². The number of nitrogens with one attached hydrogen (secondary N) is 1. The van der Waals surface area contributed by atoms with E-state index in [0.29, 0.717) is 18.1 Å². The fourth-order valence-electron chi connectivity index (χ4n) is 2.79. The van der Waals surface area contributed by atoms with Crippen molar-refractivity contribution >= 4 is 10.0 Å². The Balaban J connectivity index is 1.62. The lowest BCUT2D eigenvalue weighted by Gasteiger charge is -2.10. The number of aromatic nitrogens is 2. The van der Waals surface area contributed by atoms with Gasteiger partial charge in [-0.2, -0.15) is 5.10 Å². The molecule has 3 aromatic rings. The zero-order chi connectivity index (χ0) is 21.4. The van der Waals surface area contributed by atoms with Crippen molar-refractivity contribution in [1.29, 1.82) is 0 Å². The molecule has 0 bridgehead atoms. The van der Waals surface area contributed by atoms with Crippen LogP contribution in [0.25, 0.3) is 11.3 Å². The lowest BCUT2D eigenvalue weighted by atomic mass is 10.1. The van der Waals surface area contributed by atoms with E-state index in [9.17, 15) is 13.2 Å². The maximum absolute atomic E-state index is 12.5. The molecule has 1 aromatic heterocycles. The van der Waals surface area contributed by atoms with Gasteiger partial charge in [0.05, 0.1) is 23.7 Å². The normalized spacial score (nSPS) is 11.4. The number of ether oxygens (including phenoxy) is 1. The van der Waals surface area contributed by atoms with Gasteiger partial charge in [0.1, 0.15) is 5.75 Å². The first-order chi connectivity index (χ1) is 14.5. The van der Waals surface area contributed by atoms with E-state index in [-0.39, 0.29) is 23.5 Å². The summed E-state index contributed by atoms with van der Waals surface area (Å²) >= 11 is 0. The Morgan fingerprint density at radius 3 is 2.43 bits per heavy atom. The second-order valence-electron chi connectivity index (χ2n) is 6.72. The third-order valence-corrected chi connectivity index (χ3v) is 5.93. The number of hydrogen-bond acceptors (Lipinski definition) is 5. The first-order valence-corrected chi connectivity index (χ1v) is 11.3. The van der Waals surface area contributed by atoms with Crippen molar-refractivity contribution in [1.82, 2.24) is 14.5 Å². The zero-order valence-electron chi connectivity index (χ0n) is 16.8. The van der Waals surface area contributed by atoms with E-state index in [1.807, 2.05) is 30.3 Å². The molecule has 0 saturated carbocycles. The lowest BCUT2D eigenvalue weighted by Crippen LogP contribution is -2.32. The minimum absolute atomic E-state index is 0.0439. The molecule has 2 aromatic carbocycles. The molecule has 1 heterocycles. The third-order valence-electron chi connectivity index (χ3n) is 4.45. The van der Waals surface area contributed by atoms with Gasteiger partial charge in [0.25, 0.3) is 5.56 Å². The summed E-state index contributed by atoms with van der Waals surface area (Å²) in [6, 6.07) is 18.8. The van der Waals surface area contributed by atoms with Gasteiger partial charge in [-0.1, -0.05) is 43.7 Å². The number of benzene rings is 2. The average molecular weight is 428 g/mol. The van der Waals surface area contributed by atoms with E-state index in [4.69, 9.17) is 4.74 Å². The van der Waals surface area contributed by atoms with Crippen molar-refractivity contribution in [3.8, 4) is 17.0 Å². The largest absolute Gasteiger partial charge is 0.494 e. The first kappa shape index (κ1) is 21.7. The molecule has 0 aliphatic carbocycles. The fourth-order valence-corrected chi connectivity index (χ4v) is 3.81. The van der Waals surface area contributed by atoms with Gasteiger partial charge in [0.2, 0.25) is 10.0 Å². The summed E-state index contributed by atoms with van der Waals surface area (Å²) in [6.45, 7) is 2.84. The van der Waals surface area contributed by atoms with E-state index in [1.165, 1.54) is 22.9 Å². The smallest absolute Gasteiger partial charge is 0.266 e. The molecule has 1 N–H and O–H groups in total. The number of unbranched alkanes of at least 4 members (excludes halogenated alkanes) is 1.